The molecular formula is C19H16ClFN2O3. The van der Waals surface area contributed by atoms with Gasteiger partial charge in [-0.1, -0.05) is 29.8 Å². The number of rotatable bonds is 3. The average molecular weight is 375 g/mol. The number of nitrogens with zero attached hydrogens (tertiary/aromatic N) is 1. The molecule has 1 heterocycles. The Bertz CT molecular complexity index is 865. The number of anilines is 1. The molecular weight excluding hydrogens is 359 g/mol. The molecule has 0 saturated carbocycles. The number of fused-ring (bicyclic) bond motifs is 1. The Balaban J connectivity index is 1.90. The van der Waals surface area contributed by atoms with Crippen molar-refractivity contribution >= 4 is 35.2 Å². The number of ether oxygens (including phenoxy) is 1. The first-order valence-electron chi connectivity index (χ1n) is 7.92. The van der Waals surface area contributed by atoms with Crippen molar-refractivity contribution in [2.75, 3.05) is 18.5 Å². The van der Waals surface area contributed by atoms with Gasteiger partial charge in [0.25, 0.3) is 11.8 Å². The lowest BCUT2D eigenvalue weighted by Crippen LogP contribution is -2.49. The standard InChI is InChI=1S/C19H16ClFN2O3/c1-22-19(25)17-11-23(15-7-2-3-8-16(15)26-17)18(24)10-9-12-13(20)5-4-6-14(12)21/h2-10,17H,11H2,1H3,(H,22,25)/b10-9+/t17-/m1/s1. The van der Waals surface area contributed by atoms with Crippen LogP contribution in [0.3, 0.4) is 0 Å². The van der Waals surface area contributed by atoms with Crippen LogP contribution in [0, 0.1) is 5.82 Å². The van der Waals surface area contributed by atoms with Gasteiger partial charge in [-0.3, -0.25) is 9.59 Å². The number of benzene rings is 2. The van der Waals surface area contributed by atoms with Crippen LogP contribution in [0.5, 0.6) is 5.75 Å². The number of hydrogen-bond acceptors (Lipinski definition) is 3. The van der Waals surface area contributed by atoms with Crippen molar-refractivity contribution in [3.05, 3.63) is 64.9 Å². The van der Waals surface area contributed by atoms with Crippen LogP contribution in [-0.2, 0) is 9.59 Å². The van der Waals surface area contributed by atoms with Gasteiger partial charge in [0.2, 0.25) is 0 Å². The maximum atomic E-state index is 13.9. The Kier molecular flexibility index (Phi) is 5.23. The number of carbonyl (C=O) groups is 2. The summed E-state index contributed by atoms with van der Waals surface area (Å²) in [5.74, 6) is -0.836. The molecule has 26 heavy (non-hydrogen) atoms. The topological polar surface area (TPSA) is 58.6 Å². The van der Waals surface area contributed by atoms with Crippen molar-refractivity contribution in [2.24, 2.45) is 0 Å². The van der Waals surface area contributed by atoms with E-state index in [2.05, 4.69) is 5.32 Å². The predicted octanol–water partition coefficient (Wildman–Crippen LogP) is 3.03. The van der Waals surface area contributed by atoms with Gasteiger partial charge in [0.05, 0.1) is 17.3 Å². The van der Waals surface area contributed by atoms with E-state index in [1.165, 1.54) is 36.2 Å². The van der Waals surface area contributed by atoms with E-state index in [1.807, 2.05) is 0 Å². The quantitative estimate of drug-likeness (QED) is 0.840. The Morgan fingerprint density at radius 3 is 2.77 bits per heavy atom. The largest absolute Gasteiger partial charge is 0.477 e. The number of para-hydroxylation sites is 2. The van der Waals surface area contributed by atoms with Crippen LogP contribution in [0.15, 0.2) is 48.5 Å². The van der Waals surface area contributed by atoms with E-state index in [0.717, 1.165) is 0 Å². The molecule has 3 rings (SSSR count). The molecule has 1 N–H and O–H groups in total. The van der Waals surface area contributed by atoms with Gasteiger partial charge in [-0.2, -0.15) is 0 Å². The summed E-state index contributed by atoms with van der Waals surface area (Å²) in [7, 11) is 1.50. The van der Waals surface area contributed by atoms with E-state index in [0.29, 0.717) is 11.4 Å². The number of hydrogen-bond donors (Lipinski definition) is 1. The monoisotopic (exact) mass is 374 g/mol. The number of amides is 2. The number of nitrogens with one attached hydrogen (secondary N) is 1. The van der Waals surface area contributed by atoms with Crippen molar-refractivity contribution in [3.63, 3.8) is 0 Å². The summed E-state index contributed by atoms with van der Waals surface area (Å²) in [5.41, 5.74) is 0.675. The third-order valence-electron chi connectivity index (χ3n) is 3.97. The molecule has 2 aromatic carbocycles. The van der Waals surface area contributed by atoms with E-state index in [-0.39, 0.29) is 23.0 Å². The fraction of sp³-hybridized carbons (Fsp3) is 0.158. The van der Waals surface area contributed by atoms with Crippen molar-refractivity contribution in [2.45, 2.75) is 6.10 Å². The van der Waals surface area contributed by atoms with E-state index in [1.54, 1.807) is 30.3 Å². The SMILES string of the molecule is CNC(=O)[C@H]1CN(C(=O)/C=C/c2c(F)cccc2Cl)c2ccccc2O1. The highest BCUT2D eigenvalue weighted by Crippen LogP contribution is 2.33. The molecule has 0 radical (unpaired) electrons. The van der Waals surface area contributed by atoms with Crippen LogP contribution >= 0.6 is 11.6 Å². The maximum absolute atomic E-state index is 13.9. The van der Waals surface area contributed by atoms with Crippen molar-refractivity contribution in [1.82, 2.24) is 5.32 Å². The Morgan fingerprint density at radius 2 is 2.04 bits per heavy atom. The zero-order chi connectivity index (χ0) is 18.7. The molecule has 0 spiro atoms. The second-order valence-corrected chi connectivity index (χ2v) is 6.01. The molecule has 2 aromatic rings. The smallest absolute Gasteiger partial charge is 0.262 e. The minimum absolute atomic E-state index is 0.0465. The van der Waals surface area contributed by atoms with Crippen LogP contribution in [0.25, 0.3) is 6.08 Å². The second kappa shape index (κ2) is 7.58. The third-order valence-corrected chi connectivity index (χ3v) is 4.30. The molecule has 0 bridgehead atoms. The minimum atomic E-state index is -0.829. The Labute approximate surface area is 155 Å². The van der Waals surface area contributed by atoms with Crippen molar-refractivity contribution in [1.29, 1.82) is 0 Å². The first-order chi connectivity index (χ1) is 12.5. The summed E-state index contributed by atoms with van der Waals surface area (Å²) >= 11 is 5.97. The molecule has 0 fully saturated rings. The highest BCUT2D eigenvalue weighted by Gasteiger charge is 2.32. The first kappa shape index (κ1) is 17.9. The lowest BCUT2D eigenvalue weighted by molar-refractivity contribution is -0.127. The fourth-order valence-corrected chi connectivity index (χ4v) is 2.88. The second-order valence-electron chi connectivity index (χ2n) is 5.61. The van der Waals surface area contributed by atoms with Gasteiger partial charge in [-0.25, -0.2) is 4.39 Å². The van der Waals surface area contributed by atoms with Crippen LogP contribution in [0.4, 0.5) is 10.1 Å². The number of halogens is 2. The lowest BCUT2D eigenvalue weighted by atomic mass is 10.1. The summed E-state index contributed by atoms with van der Waals surface area (Å²) in [6.45, 7) is 0.0465. The van der Waals surface area contributed by atoms with Crippen LogP contribution in [-0.4, -0.2) is 31.5 Å². The lowest BCUT2D eigenvalue weighted by Gasteiger charge is -2.33. The summed E-state index contributed by atoms with van der Waals surface area (Å²) in [4.78, 5) is 26.1. The predicted molar refractivity (Wildman–Crippen MR) is 97.7 cm³/mol. The first-order valence-corrected chi connectivity index (χ1v) is 8.30. The van der Waals surface area contributed by atoms with Gasteiger partial charge in [-0.15, -0.1) is 0 Å². The van der Waals surface area contributed by atoms with E-state index in [9.17, 15) is 14.0 Å². The average Bonchev–Trinajstić information content (AvgIpc) is 2.65. The molecule has 134 valence electrons. The van der Waals surface area contributed by atoms with Gasteiger partial charge < -0.3 is 15.0 Å². The molecule has 1 aliphatic rings. The maximum Gasteiger partial charge on any atom is 0.262 e. The van der Waals surface area contributed by atoms with Crippen molar-refractivity contribution < 1.29 is 18.7 Å². The summed E-state index contributed by atoms with van der Waals surface area (Å²) < 4.78 is 19.5. The van der Waals surface area contributed by atoms with Crippen LogP contribution < -0.4 is 15.0 Å². The molecule has 0 aromatic heterocycles. The summed E-state index contributed by atoms with van der Waals surface area (Å²) in [6, 6.07) is 11.2. The van der Waals surface area contributed by atoms with Gasteiger partial charge in [0.1, 0.15) is 11.6 Å². The van der Waals surface area contributed by atoms with Gasteiger partial charge in [0.15, 0.2) is 6.10 Å². The molecule has 0 saturated heterocycles. The molecule has 0 aliphatic carbocycles. The van der Waals surface area contributed by atoms with Crippen LogP contribution in [0.1, 0.15) is 5.56 Å². The summed E-state index contributed by atoms with van der Waals surface area (Å²) in [5, 5.41) is 2.72. The molecule has 5 nitrogen and oxygen atoms in total. The molecule has 1 aliphatic heterocycles. The summed E-state index contributed by atoms with van der Waals surface area (Å²) in [6.07, 6.45) is 1.73. The fourth-order valence-electron chi connectivity index (χ4n) is 2.66. The normalized spacial score (nSPS) is 16.1. The highest BCUT2D eigenvalue weighted by molar-refractivity contribution is 6.32. The highest BCUT2D eigenvalue weighted by atomic mass is 35.5. The van der Waals surface area contributed by atoms with E-state index < -0.39 is 17.8 Å². The number of likely N-dealkylation sites (N-methyl/N-ethyl adjacent to an activating group) is 1. The molecule has 1 atom stereocenters. The molecule has 0 unspecified atom stereocenters. The van der Waals surface area contributed by atoms with Crippen LogP contribution in [0.2, 0.25) is 5.02 Å². The third kappa shape index (κ3) is 3.55. The van der Waals surface area contributed by atoms with Gasteiger partial charge in [0, 0.05) is 18.7 Å². The van der Waals surface area contributed by atoms with E-state index in [4.69, 9.17) is 16.3 Å². The minimum Gasteiger partial charge on any atom is -0.477 e. The zero-order valence-corrected chi connectivity index (χ0v) is 14.7. The Morgan fingerprint density at radius 1 is 1.27 bits per heavy atom. The van der Waals surface area contributed by atoms with Gasteiger partial charge >= 0.3 is 0 Å². The Hall–Kier alpha value is -2.86. The molecule has 7 heteroatoms. The van der Waals surface area contributed by atoms with E-state index >= 15 is 0 Å². The van der Waals surface area contributed by atoms with Gasteiger partial charge in [-0.05, 0) is 30.3 Å². The molecule has 2 amide bonds. The zero-order valence-electron chi connectivity index (χ0n) is 13.9. The number of carbonyl (C=O) groups excluding carboxylic acids is 2. The van der Waals surface area contributed by atoms with Crippen molar-refractivity contribution in [3.8, 4) is 5.75 Å².